The van der Waals surface area contributed by atoms with E-state index in [0.29, 0.717) is 30.3 Å². The van der Waals surface area contributed by atoms with E-state index in [1.54, 1.807) is 12.1 Å². The third-order valence-electron chi connectivity index (χ3n) is 4.10. The zero-order valence-corrected chi connectivity index (χ0v) is 15.1. The molecule has 2 aromatic carbocycles. The van der Waals surface area contributed by atoms with Gasteiger partial charge in [0.15, 0.2) is 11.5 Å². The number of benzene rings is 2. The average molecular weight is 340 g/mol. The van der Waals surface area contributed by atoms with Crippen molar-refractivity contribution in [2.45, 2.75) is 52.1 Å². The summed E-state index contributed by atoms with van der Waals surface area (Å²) in [5, 5.41) is 0. The Kier molecular flexibility index (Phi) is 8.60. The first-order valence-electron chi connectivity index (χ1n) is 9.22. The van der Waals surface area contributed by atoms with Gasteiger partial charge in [-0.05, 0) is 30.2 Å². The first-order valence-corrected chi connectivity index (χ1v) is 9.22. The van der Waals surface area contributed by atoms with Crippen molar-refractivity contribution in [2.75, 3.05) is 6.61 Å². The van der Waals surface area contributed by atoms with E-state index in [1.807, 2.05) is 36.4 Å². The molecule has 0 heterocycles. The van der Waals surface area contributed by atoms with Gasteiger partial charge in [-0.3, -0.25) is 4.79 Å². The number of carbonyl (C=O) groups excluding carboxylic acids is 1. The Bertz CT molecular complexity index is 622. The molecule has 2 rings (SSSR count). The van der Waals surface area contributed by atoms with Crippen LogP contribution in [0.15, 0.2) is 48.5 Å². The van der Waals surface area contributed by atoms with Crippen LogP contribution in [0, 0.1) is 0 Å². The maximum absolute atomic E-state index is 11.0. The minimum atomic E-state index is 0.481. The number of unbranched alkanes of at least 4 members (excludes halogenated alkanes) is 5. The van der Waals surface area contributed by atoms with Crippen molar-refractivity contribution in [3.63, 3.8) is 0 Å². The zero-order valence-electron chi connectivity index (χ0n) is 15.1. The van der Waals surface area contributed by atoms with Crippen LogP contribution >= 0.6 is 0 Å². The van der Waals surface area contributed by atoms with Gasteiger partial charge in [0.1, 0.15) is 12.9 Å². The van der Waals surface area contributed by atoms with Gasteiger partial charge in [0.25, 0.3) is 0 Å². The molecule has 0 bridgehead atoms. The van der Waals surface area contributed by atoms with Crippen LogP contribution in [0.1, 0.15) is 61.4 Å². The Hall–Kier alpha value is -2.29. The van der Waals surface area contributed by atoms with Crippen molar-refractivity contribution in [1.29, 1.82) is 0 Å². The Morgan fingerprint density at radius 3 is 2.36 bits per heavy atom. The average Bonchev–Trinajstić information content (AvgIpc) is 2.67. The number of hydrogen-bond donors (Lipinski definition) is 0. The topological polar surface area (TPSA) is 35.5 Å². The highest BCUT2D eigenvalue weighted by Gasteiger charge is 2.07. The molecular weight excluding hydrogens is 312 g/mol. The fraction of sp³-hybridized carbons (Fsp3) is 0.409. The van der Waals surface area contributed by atoms with Gasteiger partial charge in [-0.25, -0.2) is 0 Å². The molecule has 134 valence electrons. The SMILES string of the molecule is CCCCCCCCOc1cc(C=O)ccc1OCc1ccccc1. The van der Waals surface area contributed by atoms with E-state index in [2.05, 4.69) is 6.92 Å². The van der Waals surface area contributed by atoms with Crippen LogP contribution < -0.4 is 9.47 Å². The molecule has 3 heteroatoms. The molecule has 0 saturated heterocycles. The Morgan fingerprint density at radius 1 is 0.840 bits per heavy atom. The van der Waals surface area contributed by atoms with Crippen LogP contribution in [0.3, 0.4) is 0 Å². The van der Waals surface area contributed by atoms with Crippen molar-refractivity contribution < 1.29 is 14.3 Å². The summed E-state index contributed by atoms with van der Waals surface area (Å²) < 4.78 is 11.8. The summed E-state index contributed by atoms with van der Waals surface area (Å²) in [5.41, 5.74) is 1.70. The Labute approximate surface area is 151 Å². The molecule has 0 atom stereocenters. The maximum Gasteiger partial charge on any atom is 0.161 e. The second-order valence-corrected chi connectivity index (χ2v) is 6.21. The van der Waals surface area contributed by atoms with E-state index in [0.717, 1.165) is 18.3 Å². The largest absolute Gasteiger partial charge is 0.490 e. The van der Waals surface area contributed by atoms with Gasteiger partial charge in [0.2, 0.25) is 0 Å². The van der Waals surface area contributed by atoms with E-state index >= 15 is 0 Å². The monoisotopic (exact) mass is 340 g/mol. The molecule has 0 aromatic heterocycles. The predicted molar refractivity (Wildman–Crippen MR) is 101 cm³/mol. The van der Waals surface area contributed by atoms with E-state index in [-0.39, 0.29) is 0 Å². The summed E-state index contributed by atoms with van der Waals surface area (Å²) in [7, 11) is 0. The van der Waals surface area contributed by atoms with Crippen LogP contribution in [0.4, 0.5) is 0 Å². The molecule has 25 heavy (non-hydrogen) atoms. The molecule has 0 N–H and O–H groups in total. The fourth-order valence-electron chi connectivity index (χ4n) is 2.63. The molecule has 0 saturated carbocycles. The standard InChI is InChI=1S/C22H28O3/c1-2-3-4-5-6-10-15-24-22-16-20(17-23)13-14-21(22)25-18-19-11-8-7-9-12-19/h7-9,11-14,16-17H,2-6,10,15,18H2,1H3. The molecule has 0 aliphatic carbocycles. The van der Waals surface area contributed by atoms with Gasteiger partial charge in [-0.2, -0.15) is 0 Å². The van der Waals surface area contributed by atoms with E-state index in [4.69, 9.17) is 9.47 Å². The summed E-state index contributed by atoms with van der Waals surface area (Å²) in [6.45, 7) is 3.35. The number of ether oxygens (including phenoxy) is 2. The molecule has 0 aliphatic rings. The van der Waals surface area contributed by atoms with Crippen LogP contribution in [0.2, 0.25) is 0 Å². The lowest BCUT2D eigenvalue weighted by Crippen LogP contribution is -2.02. The van der Waals surface area contributed by atoms with Crippen molar-refractivity contribution in [1.82, 2.24) is 0 Å². The van der Waals surface area contributed by atoms with Crippen molar-refractivity contribution >= 4 is 6.29 Å². The normalized spacial score (nSPS) is 10.4. The van der Waals surface area contributed by atoms with E-state index < -0.39 is 0 Å². The number of hydrogen-bond acceptors (Lipinski definition) is 3. The minimum Gasteiger partial charge on any atom is -0.490 e. The predicted octanol–water partition coefficient (Wildman–Crippen LogP) is 5.82. The second kappa shape index (κ2) is 11.3. The quantitative estimate of drug-likeness (QED) is 0.361. The third kappa shape index (κ3) is 7.00. The molecular formula is C22H28O3. The maximum atomic E-state index is 11.0. The third-order valence-corrected chi connectivity index (χ3v) is 4.10. The smallest absolute Gasteiger partial charge is 0.161 e. The highest BCUT2D eigenvalue weighted by atomic mass is 16.5. The van der Waals surface area contributed by atoms with Gasteiger partial charge in [0, 0.05) is 5.56 Å². The Balaban J connectivity index is 1.87. The molecule has 0 unspecified atom stereocenters. The molecule has 0 fully saturated rings. The number of rotatable bonds is 12. The van der Waals surface area contributed by atoms with Crippen molar-refractivity contribution in [2.24, 2.45) is 0 Å². The summed E-state index contributed by atoms with van der Waals surface area (Å²) in [6.07, 6.45) is 8.14. The first-order chi connectivity index (χ1) is 12.3. The molecule has 0 radical (unpaired) electrons. The summed E-state index contributed by atoms with van der Waals surface area (Å²) >= 11 is 0. The zero-order chi connectivity index (χ0) is 17.7. The molecule has 2 aromatic rings. The lowest BCUT2D eigenvalue weighted by molar-refractivity contribution is 0.112. The van der Waals surface area contributed by atoms with Crippen LogP contribution in [-0.4, -0.2) is 12.9 Å². The van der Waals surface area contributed by atoms with Gasteiger partial charge < -0.3 is 9.47 Å². The summed E-state index contributed by atoms with van der Waals surface area (Å²) in [6, 6.07) is 15.3. The second-order valence-electron chi connectivity index (χ2n) is 6.21. The lowest BCUT2D eigenvalue weighted by atomic mass is 10.1. The number of carbonyl (C=O) groups is 1. The van der Waals surface area contributed by atoms with Gasteiger partial charge in [-0.15, -0.1) is 0 Å². The van der Waals surface area contributed by atoms with Gasteiger partial charge in [0.05, 0.1) is 6.61 Å². The van der Waals surface area contributed by atoms with Gasteiger partial charge in [-0.1, -0.05) is 69.4 Å². The van der Waals surface area contributed by atoms with Crippen LogP contribution in [0.25, 0.3) is 0 Å². The molecule has 3 nitrogen and oxygen atoms in total. The van der Waals surface area contributed by atoms with Gasteiger partial charge >= 0.3 is 0 Å². The lowest BCUT2D eigenvalue weighted by Gasteiger charge is -2.13. The van der Waals surface area contributed by atoms with Crippen molar-refractivity contribution in [3.8, 4) is 11.5 Å². The van der Waals surface area contributed by atoms with E-state index in [9.17, 15) is 4.79 Å². The van der Waals surface area contributed by atoms with Crippen LogP contribution in [0.5, 0.6) is 11.5 Å². The first kappa shape index (κ1) is 19.0. The highest BCUT2D eigenvalue weighted by Crippen LogP contribution is 2.29. The summed E-state index contributed by atoms with van der Waals surface area (Å²) in [4.78, 5) is 11.0. The molecule has 0 amide bonds. The van der Waals surface area contributed by atoms with Crippen LogP contribution in [-0.2, 0) is 6.61 Å². The molecule has 0 spiro atoms. The summed E-state index contributed by atoms with van der Waals surface area (Å²) in [5.74, 6) is 1.33. The van der Waals surface area contributed by atoms with E-state index in [1.165, 1.54) is 32.1 Å². The fourth-order valence-corrected chi connectivity index (χ4v) is 2.63. The number of aldehydes is 1. The molecule has 0 aliphatic heterocycles. The van der Waals surface area contributed by atoms with Crippen molar-refractivity contribution in [3.05, 3.63) is 59.7 Å². The Morgan fingerprint density at radius 2 is 1.60 bits per heavy atom. The highest BCUT2D eigenvalue weighted by molar-refractivity contribution is 5.76. The minimum absolute atomic E-state index is 0.481.